The summed E-state index contributed by atoms with van der Waals surface area (Å²) < 4.78 is 0. The van der Waals surface area contributed by atoms with E-state index in [1.807, 2.05) is 0 Å². The Balaban J connectivity index is 2.62. The van der Waals surface area contributed by atoms with Crippen LogP contribution in [0.4, 0.5) is 0 Å². The third kappa shape index (κ3) is 3.34. The lowest BCUT2D eigenvalue weighted by Crippen LogP contribution is -1.89. The molecule has 0 unspecified atom stereocenters. The van der Waals surface area contributed by atoms with E-state index in [4.69, 9.17) is 5.11 Å². The maximum absolute atomic E-state index is 7.82. The number of nitrogens with one attached hydrogen (secondary N) is 1. The molecule has 0 fully saturated rings. The fourth-order valence-corrected chi connectivity index (χ4v) is 0.0745. The highest BCUT2D eigenvalue weighted by Crippen LogP contribution is 1.47. The number of aliphatic hydroxyl groups is 1. The first kappa shape index (κ1) is 4.34. The molecular formula is C3H7NO. The van der Waals surface area contributed by atoms with Crippen LogP contribution in [-0.2, 0) is 0 Å². The lowest BCUT2D eigenvalue weighted by Gasteiger charge is -1.74. The summed E-state index contributed by atoms with van der Waals surface area (Å²) in [7, 11) is 1.72. The van der Waals surface area contributed by atoms with Crippen LogP contribution in [0.2, 0.25) is 0 Å². The van der Waals surface area contributed by atoms with E-state index >= 15 is 0 Å². The first-order valence-corrected chi connectivity index (χ1v) is 1.38. The molecule has 0 aliphatic rings. The summed E-state index contributed by atoms with van der Waals surface area (Å²) in [4.78, 5) is 0. The monoisotopic (exact) mass is 73.1 g/mol. The van der Waals surface area contributed by atoms with Crippen molar-refractivity contribution in [1.29, 1.82) is 0 Å². The number of hydrogen-bond donors (Lipinski definition) is 2. The van der Waals surface area contributed by atoms with Gasteiger partial charge >= 0.3 is 0 Å². The number of aliphatic hydroxyl groups excluding tert-OH is 1. The third-order valence-electron chi connectivity index (χ3n) is 0.241. The standard InChI is InChI=1S/C3H7NO/c1-4-2-3-5/h2-5H,1H3. The van der Waals surface area contributed by atoms with E-state index in [0.717, 1.165) is 6.26 Å². The number of hydrogen-bond acceptors (Lipinski definition) is 2. The van der Waals surface area contributed by atoms with Gasteiger partial charge in [0.25, 0.3) is 0 Å². The van der Waals surface area contributed by atoms with Gasteiger partial charge in [-0.1, -0.05) is 0 Å². The van der Waals surface area contributed by atoms with Gasteiger partial charge < -0.3 is 10.4 Å². The summed E-state index contributed by atoms with van der Waals surface area (Å²) >= 11 is 0. The molecule has 0 radical (unpaired) electrons. The largest absolute Gasteiger partial charge is 0.514 e. The van der Waals surface area contributed by atoms with Crippen LogP contribution < -0.4 is 5.32 Å². The van der Waals surface area contributed by atoms with Gasteiger partial charge in [0, 0.05) is 13.2 Å². The Morgan fingerprint density at radius 3 is 2.40 bits per heavy atom. The van der Waals surface area contributed by atoms with Crippen molar-refractivity contribution in [3.05, 3.63) is 12.5 Å². The van der Waals surface area contributed by atoms with Gasteiger partial charge in [0.05, 0.1) is 6.26 Å². The van der Waals surface area contributed by atoms with Crippen molar-refractivity contribution >= 4 is 0 Å². The molecule has 30 valence electrons. The predicted octanol–water partition coefficient (Wildman–Crippen LogP) is 0.235. The smallest absolute Gasteiger partial charge is 0.0948 e. The average molecular weight is 73.1 g/mol. The van der Waals surface area contributed by atoms with Gasteiger partial charge in [-0.2, -0.15) is 0 Å². The number of rotatable bonds is 1. The summed E-state index contributed by atoms with van der Waals surface area (Å²) in [6, 6.07) is 0. The van der Waals surface area contributed by atoms with Crippen LogP contribution in [0.3, 0.4) is 0 Å². The quantitative estimate of drug-likeness (QED) is 0.435. The van der Waals surface area contributed by atoms with Crippen molar-refractivity contribution < 1.29 is 5.11 Å². The van der Waals surface area contributed by atoms with Gasteiger partial charge in [0.1, 0.15) is 0 Å². The highest BCUT2D eigenvalue weighted by atomic mass is 16.2. The normalized spacial score (nSPS) is 9.00. The van der Waals surface area contributed by atoms with Crippen LogP contribution in [0.25, 0.3) is 0 Å². The van der Waals surface area contributed by atoms with E-state index in [2.05, 4.69) is 5.32 Å². The van der Waals surface area contributed by atoms with Crippen LogP contribution >= 0.6 is 0 Å². The van der Waals surface area contributed by atoms with Gasteiger partial charge in [-0.15, -0.1) is 0 Å². The maximum atomic E-state index is 7.82. The van der Waals surface area contributed by atoms with Crippen LogP contribution in [-0.4, -0.2) is 12.2 Å². The first-order chi connectivity index (χ1) is 2.41. The molecule has 2 N–H and O–H groups in total. The van der Waals surface area contributed by atoms with Gasteiger partial charge in [0.2, 0.25) is 0 Å². The Morgan fingerprint density at radius 2 is 2.40 bits per heavy atom. The maximum Gasteiger partial charge on any atom is 0.0948 e. The summed E-state index contributed by atoms with van der Waals surface area (Å²) in [5.41, 5.74) is 0. The highest BCUT2D eigenvalue weighted by Gasteiger charge is 1.47. The molecule has 0 heterocycles. The second-order valence-corrected chi connectivity index (χ2v) is 0.604. The van der Waals surface area contributed by atoms with E-state index in [1.54, 1.807) is 7.05 Å². The third-order valence-corrected chi connectivity index (χ3v) is 0.241. The van der Waals surface area contributed by atoms with Crippen LogP contribution in [0.5, 0.6) is 0 Å². The predicted molar refractivity (Wildman–Crippen MR) is 20.8 cm³/mol. The molecule has 0 amide bonds. The van der Waals surface area contributed by atoms with Crippen LogP contribution in [0, 0.1) is 0 Å². The lowest BCUT2D eigenvalue weighted by atomic mass is 11.0. The Labute approximate surface area is 31.1 Å². The van der Waals surface area contributed by atoms with Gasteiger partial charge in [-0.3, -0.25) is 0 Å². The molecule has 0 aromatic carbocycles. The zero-order chi connectivity index (χ0) is 4.12. The van der Waals surface area contributed by atoms with E-state index in [9.17, 15) is 0 Å². The summed E-state index contributed by atoms with van der Waals surface area (Å²) in [6.07, 6.45) is 2.38. The Hall–Kier alpha value is -0.660. The summed E-state index contributed by atoms with van der Waals surface area (Å²) in [5.74, 6) is 0. The Bertz CT molecular complexity index is 33.9. The second kappa shape index (κ2) is 3.34. The SMILES string of the molecule is CNC=CO. The topological polar surface area (TPSA) is 32.3 Å². The van der Waals surface area contributed by atoms with Crippen molar-refractivity contribution in [1.82, 2.24) is 5.32 Å². The first-order valence-electron chi connectivity index (χ1n) is 1.38. The molecule has 0 bridgehead atoms. The molecule has 0 atom stereocenters. The van der Waals surface area contributed by atoms with E-state index in [1.165, 1.54) is 6.20 Å². The van der Waals surface area contributed by atoms with E-state index < -0.39 is 0 Å². The van der Waals surface area contributed by atoms with E-state index in [0.29, 0.717) is 0 Å². The molecule has 0 saturated carbocycles. The van der Waals surface area contributed by atoms with Crippen LogP contribution in [0.1, 0.15) is 0 Å². The minimum atomic E-state index is 0.944. The zero-order valence-electron chi connectivity index (χ0n) is 3.10. The molecule has 5 heavy (non-hydrogen) atoms. The Kier molecular flexibility index (Phi) is 2.90. The zero-order valence-corrected chi connectivity index (χ0v) is 3.10. The molecule has 0 aromatic rings. The molecule has 2 nitrogen and oxygen atoms in total. The van der Waals surface area contributed by atoms with Gasteiger partial charge in [-0.05, 0) is 0 Å². The lowest BCUT2D eigenvalue weighted by molar-refractivity contribution is 0.470. The minimum absolute atomic E-state index is 0.944. The van der Waals surface area contributed by atoms with Crippen molar-refractivity contribution in [3.63, 3.8) is 0 Å². The molecule has 0 aliphatic carbocycles. The average Bonchev–Trinajstić information content (AvgIpc) is 1.41. The Morgan fingerprint density at radius 1 is 1.80 bits per heavy atom. The minimum Gasteiger partial charge on any atom is -0.514 e. The molecule has 2 heteroatoms. The highest BCUT2D eigenvalue weighted by molar-refractivity contribution is 4.63. The molecular weight excluding hydrogens is 66.0 g/mol. The van der Waals surface area contributed by atoms with Crippen molar-refractivity contribution in [2.45, 2.75) is 0 Å². The van der Waals surface area contributed by atoms with Crippen molar-refractivity contribution in [2.24, 2.45) is 0 Å². The molecule has 0 rings (SSSR count). The fraction of sp³-hybridized carbons (Fsp3) is 0.333. The molecule has 0 aliphatic heterocycles. The van der Waals surface area contributed by atoms with Crippen molar-refractivity contribution in [2.75, 3.05) is 7.05 Å². The fourth-order valence-electron chi connectivity index (χ4n) is 0.0745. The van der Waals surface area contributed by atoms with Gasteiger partial charge in [0.15, 0.2) is 0 Å². The van der Waals surface area contributed by atoms with Crippen molar-refractivity contribution in [3.8, 4) is 0 Å². The molecule has 0 spiro atoms. The van der Waals surface area contributed by atoms with E-state index in [-0.39, 0.29) is 0 Å². The second-order valence-electron chi connectivity index (χ2n) is 0.604. The summed E-state index contributed by atoms with van der Waals surface area (Å²) in [5, 5.41) is 10.4. The molecule has 0 aromatic heterocycles. The van der Waals surface area contributed by atoms with Gasteiger partial charge in [-0.25, -0.2) is 0 Å². The summed E-state index contributed by atoms with van der Waals surface area (Å²) in [6.45, 7) is 0. The molecule has 0 saturated heterocycles. The van der Waals surface area contributed by atoms with Crippen LogP contribution in [0.15, 0.2) is 12.5 Å².